The molecule has 28 heavy (non-hydrogen) atoms. The smallest absolute Gasteiger partial charge is 0.261 e. The Balaban J connectivity index is 1.63. The first kappa shape index (κ1) is 20.4. The van der Waals surface area contributed by atoms with Crippen LogP contribution < -0.4 is 10.1 Å². The van der Waals surface area contributed by atoms with Gasteiger partial charge in [0.1, 0.15) is 5.75 Å². The molecule has 0 bridgehead atoms. The van der Waals surface area contributed by atoms with Crippen LogP contribution in [0.4, 0.5) is 0 Å². The topological polar surface area (TPSA) is 38.3 Å². The van der Waals surface area contributed by atoms with E-state index in [0.29, 0.717) is 0 Å². The number of ether oxygens (including phenoxy) is 1. The van der Waals surface area contributed by atoms with Crippen molar-refractivity contribution in [1.29, 1.82) is 0 Å². The highest BCUT2D eigenvalue weighted by atomic mass is 16.5. The van der Waals surface area contributed by atoms with Crippen LogP contribution in [0.15, 0.2) is 42.5 Å². The molecule has 3 heteroatoms. The van der Waals surface area contributed by atoms with Crippen LogP contribution >= 0.6 is 0 Å². The maximum atomic E-state index is 12.7. The van der Waals surface area contributed by atoms with Crippen molar-refractivity contribution >= 4 is 5.91 Å². The maximum absolute atomic E-state index is 12.7. The van der Waals surface area contributed by atoms with Gasteiger partial charge in [0.05, 0.1) is 6.04 Å². The van der Waals surface area contributed by atoms with Crippen molar-refractivity contribution in [2.45, 2.75) is 77.9 Å². The number of carbonyl (C=O) groups excluding carboxylic acids is 1. The fourth-order valence-electron chi connectivity index (χ4n) is 3.79. The van der Waals surface area contributed by atoms with Gasteiger partial charge in [-0.05, 0) is 73.3 Å². The number of nitrogens with one attached hydrogen (secondary N) is 1. The van der Waals surface area contributed by atoms with Crippen LogP contribution in [0.5, 0.6) is 5.75 Å². The quantitative estimate of drug-likeness (QED) is 0.744. The summed E-state index contributed by atoms with van der Waals surface area (Å²) in [6, 6.07) is 14.6. The number of amides is 1. The van der Waals surface area contributed by atoms with Gasteiger partial charge in [-0.25, -0.2) is 0 Å². The summed E-state index contributed by atoms with van der Waals surface area (Å²) in [4.78, 5) is 12.7. The summed E-state index contributed by atoms with van der Waals surface area (Å²) in [5, 5.41) is 3.09. The summed E-state index contributed by atoms with van der Waals surface area (Å²) in [5.41, 5.74) is 5.16. The monoisotopic (exact) mass is 379 g/mol. The van der Waals surface area contributed by atoms with E-state index in [0.717, 1.165) is 24.2 Å². The Morgan fingerprint density at radius 3 is 2.36 bits per heavy atom. The molecule has 0 radical (unpaired) electrons. The first-order valence-corrected chi connectivity index (χ1v) is 10.4. The molecule has 0 saturated heterocycles. The average molecular weight is 380 g/mol. The third-order valence-electron chi connectivity index (χ3n) is 5.66. The van der Waals surface area contributed by atoms with Crippen LogP contribution in [-0.4, -0.2) is 12.0 Å². The predicted octanol–water partition coefficient (Wildman–Crippen LogP) is 5.51. The Hall–Kier alpha value is -2.29. The minimum atomic E-state index is -0.523. The molecule has 2 aromatic carbocycles. The van der Waals surface area contributed by atoms with E-state index < -0.39 is 6.10 Å². The third-order valence-corrected chi connectivity index (χ3v) is 5.66. The minimum Gasteiger partial charge on any atom is -0.481 e. The van der Waals surface area contributed by atoms with E-state index in [-0.39, 0.29) is 17.4 Å². The Morgan fingerprint density at radius 2 is 1.68 bits per heavy atom. The molecule has 0 aromatic heterocycles. The van der Waals surface area contributed by atoms with Crippen LogP contribution in [0.25, 0.3) is 0 Å². The van der Waals surface area contributed by atoms with E-state index in [2.05, 4.69) is 56.4 Å². The molecule has 1 aliphatic rings. The van der Waals surface area contributed by atoms with Gasteiger partial charge in [-0.15, -0.1) is 0 Å². The maximum Gasteiger partial charge on any atom is 0.261 e. The highest BCUT2D eigenvalue weighted by Crippen LogP contribution is 2.30. The number of hydrogen-bond acceptors (Lipinski definition) is 2. The van der Waals surface area contributed by atoms with Gasteiger partial charge in [0, 0.05) is 0 Å². The summed E-state index contributed by atoms with van der Waals surface area (Å²) in [6.07, 6.45) is 4.04. The Bertz CT molecular complexity index is 817. The van der Waals surface area contributed by atoms with E-state index in [9.17, 15) is 4.79 Å². The molecular weight excluding hydrogens is 346 g/mol. The number of rotatable bonds is 5. The summed E-state index contributed by atoms with van der Waals surface area (Å²) in [5.74, 6) is 0.780. The van der Waals surface area contributed by atoms with E-state index in [1.54, 1.807) is 0 Å². The van der Waals surface area contributed by atoms with Crippen LogP contribution in [0, 0.1) is 0 Å². The summed E-state index contributed by atoms with van der Waals surface area (Å²) >= 11 is 0. The largest absolute Gasteiger partial charge is 0.481 e. The molecule has 1 amide bonds. The lowest BCUT2D eigenvalue weighted by molar-refractivity contribution is -0.127. The Morgan fingerprint density at radius 1 is 1.00 bits per heavy atom. The Kier molecular flexibility index (Phi) is 6.12. The van der Waals surface area contributed by atoms with Crippen molar-refractivity contribution in [2.75, 3.05) is 0 Å². The molecule has 0 spiro atoms. The molecule has 1 N–H and O–H groups in total. The standard InChI is InChI=1S/C25H33NO2/c1-17(19-13-15-21(16-14-19)25(3,4)5)26-24(27)18(2)28-23-12-8-10-20-9-6-7-11-22(20)23/h8,10,12-18H,6-7,9,11H2,1-5H3,(H,26,27). The second-order valence-corrected chi connectivity index (χ2v) is 8.96. The molecule has 2 atom stereocenters. The van der Waals surface area contributed by atoms with Crippen molar-refractivity contribution in [1.82, 2.24) is 5.32 Å². The van der Waals surface area contributed by atoms with Crippen LogP contribution in [0.3, 0.4) is 0 Å². The van der Waals surface area contributed by atoms with Gasteiger partial charge in [-0.2, -0.15) is 0 Å². The van der Waals surface area contributed by atoms with Crippen molar-refractivity contribution in [3.63, 3.8) is 0 Å². The lowest BCUT2D eigenvalue weighted by Crippen LogP contribution is -2.38. The molecule has 0 saturated carbocycles. The molecule has 3 rings (SSSR count). The van der Waals surface area contributed by atoms with Gasteiger partial charge in [-0.1, -0.05) is 57.2 Å². The van der Waals surface area contributed by atoms with E-state index in [1.165, 1.54) is 29.5 Å². The molecule has 0 heterocycles. The first-order valence-electron chi connectivity index (χ1n) is 10.4. The lowest BCUT2D eigenvalue weighted by atomic mass is 9.86. The second kappa shape index (κ2) is 8.38. The van der Waals surface area contributed by atoms with Crippen molar-refractivity contribution in [2.24, 2.45) is 0 Å². The predicted molar refractivity (Wildman–Crippen MR) is 115 cm³/mol. The fraction of sp³-hybridized carbons (Fsp3) is 0.480. The first-order chi connectivity index (χ1) is 13.3. The van der Waals surface area contributed by atoms with Gasteiger partial charge >= 0.3 is 0 Å². The zero-order valence-electron chi connectivity index (χ0n) is 17.8. The van der Waals surface area contributed by atoms with Gasteiger partial charge in [-0.3, -0.25) is 4.79 Å². The van der Waals surface area contributed by atoms with E-state index in [1.807, 2.05) is 26.0 Å². The van der Waals surface area contributed by atoms with Gasteiger partial charge < -0.3 is 10.1 Å². The van der Waals surface area contributed by atoms with Crippen molar-refractivity contribution in [3.8, 4) is 5.75 Å². The highest BCUT2D eigenvalue weighted by molar-refractivity contribution is 5.81. The lowest BCUT2D eigenvalue weighted by Gasteiger charge is -2.24. The minimum absolute atomic E-state index is 0.0581. The van der Waals surface area contributed by atoms with Crippen LogP contribution in [-0.2, 0) is 23.1 Å². The zero-order chi connectivity index (χ0) is 20.3. The van der Waals surface area contributed by atoms with Crippen LogP contribution in [0.2, 0.25) is 0 Å². The second-order valence-electron chi connectivity index (χ2n) is 8.96. The van der Waals surface area contributed by atoms with E-state index >= 15 is 0 Å². The average Bonchev–Trinajstić information content (AvgIpc) is 2.67. The summed E-state index contributed by atoms with van der Waals surface area (Å²) in [6.45, 7) is 10.5. The number of hydrogen-bond donors (Lipinski definition) is 1. The zero-order valence-corrected chi connectivity index (χ0v) is 17.8. The molecular formula is C25H33NO2. The summed E-state index contributed by atoms with van der Waals surface area (Å²) < 4.78 is 6.06. The summed E-state index contributed by atoms with van der Waals surface area (Å²) in [7, 11) is 0. The van der Waals surface area contributed by atoms with Gasteiger partial charge in [0.25, 0.3) is 5.91 Å². The van der Waals surface area contributed by atoms with E-state index in [4.69, 9.17) is 4.74 Å². The normalized spacial score (nSPS) is 16.0. The Labute approximate surface area is 169 Å². The molecule has 0 fully saturated rings. The molecule has 2 unspecified atom stereocenters. The highest BCUT2D eigenvalue weighted by Gasteiger charge is 2.21. The molecule has 1 aliphatic carbocycles. The SMILES string of the molecule is CC(Oc1cccc2c1CCCC2)C(=O)NC(C)c1ccc(C(C)(C)C)cc1. The molecule has 0 aliphatic heterocycles. The molecule has 3 nitrogen and oxygen atoms in total. The van der Waals surface area contributed by atoms with Gasteiger partial charge in [0.15, 0.2) is 6.10 Å². The van der Waals surface area contributed by atoms with Crippen molar-refractivity contribution in [3.05, 3.63) is 64.7 Å². The third kappa shape index (κ3) is 4.76. The fourth-order valence-corrected chi connectivity index (χ4v) is 3.79. The number of carbonyl (C=O) groups is 1. The number of benzene rings is 2. The number of fused-ring (bicyclic) bond motifs is 1. The van der Waals surface area contributed by atoms with Crippen molar-refractivity contribution < 1.29 is 9.53 Å². The molecule has 150 valence electrons. The molecule has 2 aromatic rings. The number of aryl methyl sites for hydroxylation is 1. The van der Waals surface area contributed by atoms with Crippen LogP contribution in [0.1, 0.15) is 75.8 Å². The van der Waals surface area contributed by atoms with Gasteiger partial charge in [0.2, 0.25) is 0 Å².